The monoisotopic (exact) mass is 435 g/mol. The summed E-state index contributed by atoms with van der Waals surface area (Å²) in [7, 11) is 0. The molecule has 0 fully saturated rings. The van der Waals surface area contributed by atoms with Gasteiger partial charge in [0, 0.05) is 40.9 Å². The Morgan fingerprint density at radius 2 is 1.85 bits per heavy atom. The van der Waals surface area contributed by atoms with Crippen molar-refractivity contribution in [3.05, 3.63) is 101 Å². The number of pyridine rings is 1. The molecule has 0 bridgehead atoms. The minimum Gasteiger partial charge on any atom is -0.378 e. The van der Waals surface area contributed by atoms with E-state index in [9.17, 15) is 5.11 Å². The number of rotatable bonds is 3. The summed E-state index contributed by atoms with van der Waals surface area (Å²) < 4.78 is 0. The number of aromatic nitrogens is 2. The first-order valence-corrected chi connectivity index (χ1v) is 11.5. The van der Waals surface area contributed by atoms with Crippen LogP contribution in [0.1, 0.15) is 53.7 Å². The Bertz CT molecular complexity index is 1350. The first-order valence-electron chi connectivity index (χ1n) is 11.5. The number of aliphatic hydroxyl groups is 1. The van der Waals surface area contributed by atoms with Crippen LogP contribution in [0.2, 0.25) is 0 Å². The molecular formula is C29H29N3O. The van der Waals surface area contributed by atoms with Crippen molar-refractivity contribution in [2.75, 3.05) is 6.54 Å². The zero-order valence-corrected chi connectivity index (χ0v) is 19.4. The molecule has 1 unspecified atom stereocenters. The van der Waals surface area contributed by atoms with Gasteiger partial charge in [-0.25, -0.2) is 0 Å². The normalized spacial score (nSPS) is 16.3. The molecule has 5 rings (SSSR count). The smallest absolute Gasteiger partial charge is 0.120 e. The van der Waals surface area contributed by atoms with Gasteiger partial charge in [0.15, 0.2) is 0 Å². The largest absolute Gasteiger partial charge is 0.378 e. The summed E-state index contributed by atoms with van der Waals surface area (Å²) in [5.41, 5.74) is 7.13. The molecule has 2 aromatic carbocycles. The van der Waals surface area contributed by atoms with E-state index in [2.05, 4.69) is 83.2 Å². The van der Waals surface area contributed by atoms with E-state index in [-0.39, 0.29) is 6.04 Å². The third kappa shape index (κ3) is 4.57. The highest BCUT2D eigenvalue weighted by atomic mass is 16.3. The molecule has 0 radical (unpaired) electrons. The number of nitrogens with one attached hydrogen (secondary N) is 1. The van der Waals surface area contributed by atoms with Gasteiger partial charge in [-0.2, -0.15) is 0 Å². The van der Waals surface area contributed by atoms with Crippen LogP contribution in [0.3, 0.4) is 0 Å². The molecule has 4 nitrogen and oxygen atoms in total. The molecule has 0 amide bonds. The molecule has 166 valence electrons. The second-order valence-corrected chi connectivity index (χ2v) is 9.40. The molecule has 2 N–H and O–H groups in total. The van der Waals surface area contributed by atoms with E-state index in [0.29, 0.717) is 0 Å². The average molecular weight is 436 g/mol. The Kier molecular flexibility index (Phi) is 5.54. The van der Waals surface area contributed by atoms with Gasteiger partial charge in [-0.3, -0.25) is 9.88 Å². The maximum absolute atomic E-state index is 9.85. The minimum absolute atomic E-state index is 0.0794. The van der Waals surface area contributed by atoms with Crippen LogP contribution in [0, 0.1) is 18.8 Å². The molecule has 1 aliphatic rings. The molecule has 4 aromatic rings. The molecule has 0 saturated heterocycles. The first-order chi connectivity index (χ1) is 15.9. The van der Waals surface area contributed by atoms with Gasteiger partial charge in [0.2, 0.25) is 0 Å². The molecule has 0 saturated carbocycles. The maximum Gasteiger partial charge on any atom is 0.120 e. The van der Waals surface area contributed by atoms with Crippen LogP contribution in [-0.2, 0) is 13.0 Å². The highest BCUT2D eigenvalue weighted by Gasteiger charge is 2.32. The van der Waals surface area contributed by atoms with Crippen molar-refractivity contribution in [1.82, 2.24) is 14.9 Å². The van der Waals surface area contributed by atoms with Crippen molar-refractivity contribution in [2.45, 2.75) is 45.4 Å². The summed E-state index contributed by atoms with van der Waals surface area (Å²) in [4.78, 5) is 11.1. The Hall–Kier alpha value is -3.39. The zero-order chi connectivity index (χ0) is 23.0. The summed E-state index contributed by atoms with van der Waals surface area (Å²) in [6, 6.07) is 23.3. The lowest BCUT2D eigenvalue weighted by molar-refractivity contribution is 0.143. The zero-order valence-electron chi connectivity index (χ0n) is 19.4. The molecule has 2 aromatic heterocycles. The fourth-order valence-corrected chi connectivity index (χ4v) is 4.67. The van der Waals surface area contributed by atoms with Crippen molar-refractivity contribution >= 4 is 10.9 Å². The lowest BCUT2D eigenvalue weighted by Gasteiger charge is -2.35. The number of para-hydroxylation sites is 1. The summed E-state index contributed by atoms with van der Waals surface area (Å²) in [5, 5.41) is 11.2. The van der Waals surface area contributed by atoms with E-state index >= 15 is 0 Å². The van der Waals surface area contributed by atoms with E-state index in [0.717, 1.165) is 36.5 Å². The Morgan fingerprint density at radius 3 is 2.61 bits per heavy atom. The highest BCUT2D eigenvalue weighted by Crippen LogP contribution is 2.38. The third-order valence-electron chi connectivity index (χ3n) is 6.18. The fraction of sp³-hybridized carbons (Fsp3) is 0.276. The predicted octanol–water partition coefficient (Wildman–Crippen LogP) is 5.14. The van der Waals surface area contributed by atoms with Gasteiger partial charge < -0.3 is 10.1 Å². The molecule has 1 atom stereocenters. The van der Waals surface area contributed by atoms with Gasteiger partial charge in [0.25, 0.3) is 0 Å². The molecule has 4 heteroatoms. The standard InChI is InChI=1S/C29H29N3O/c1-20-7-6-10-26(30-20)28-27-24(23-8-4-5-9-25(23)31-27)16-18-32(28)19-22-13-11-21(12-14-22)15-17-29(2,3)33/h4-14,28,31,33H,16,18-19H2,1-3H3. The van der Waals surface area contributed by atoms with E-state index in [1.807, 2.05) is 12.1 Å². The number of hydrogen-bond acceptors (Lipinski definition) is 3. The minimum atomic E-state index is -0.988. The maximum atomic E-state index is 9.85. The lowest BCUT2D eigenvalue weighted by Crippen LogP contribution is -2.36. The molecule has 1 aliphatic heterocycles. The van der Waals surface area contributed by atoms with Crippen LogP contribution in [0.15, 0.2) is 66.7 Å². The van der Waals surface area contributed by atoms with Gasteiger partial charge in [-0.15, -0.1) is 0 Å². The fourth-order valence-electron chi connectivity index (χ4n) is 4.67. The number of benzene rings is 2. The number of fused-ring (bicyclic) bond motifs is 3. The predicted molar refractivity (Wildman–Crippen MR) is 133 cm³/mol. The van der Waals surface area contributed by atoms with E-state index < -0.39 is 5.60 Å². The lowest BCUT2D eigenvalue weighted by atomic mass is 9.94. The highest BCUT2D eigenvalue weighted by molar-refractivity contribution is 5.85. The van der Waals surface area contributed by atoms with Crippen LogP contribution in [-0.4, -0.2) is 32.1 Å². The first kappa shape index (κ1) is 21.5. The number of H-pyrrole nitrogens is 1. The van der Waals surface area contributed by atoms with Crippen LogP contribution in [0.5, 0.6) is 0 Å². The summed E-state index contributed by atoms with van der Waals surface area (Å²) in [6.45, 7) is 7.24. The van der Waals surface area contributed by atoms with Gasteiger partial charge >= 0.3 is 0 Å². The molecule has 0 aliphatic carbocycles. The molecule has 3 heterocycles. The van der Waals surface area contributed by atoms with Crippen molar-refractivity contribution in [3.63, 3.8) is 0 Å². The third-order valence-corrected chi connectivity index (χ3v) is 6.18. The molecular weight excluding hydrogens is 406 g/mol. The van der Waals surface area contributed by atoms with E-state index in [1.54, 1.807) is 13.8 Å². The van der Waals surface area contributed by atoms with E-state index in [4.69, 9.17) is 4.98 Å². The average Bonchev–Trinajstić information content (AvgIpc) is 3.16. The molecule has 0 spiro atoms. The number of hydrogen-bond donors (Lipinski definition) is 2. The summed E-state index contributed by atoms with van der Waals surface area (Å²) in [5.74, 6) is 5.93. The summed E-state index contributed by atoms with van der Waals surface area (Å²) >= 11 is 0. The Labute approximate surface area is 195 Å². The summed E-state index contributed by atoms with van der Waals surface area (Å²) in [6.07, 6.45) is 1.01. The van der Waals surface area contributed by atoms with Gasteiger partial charge in [-0.05, 0) is 68.7 Å². The van der Waals surface area contributed by atoms with Crippen LogP contribution in [0.4, 0.5) is 0 Å². The topological polar surface area (TPSA) is 52.2 Å². The van der Waals surface area contributed by atoms with E-state index in [1.165, 1.54) is 27.7 Å². The number of aromatic amines is 1. The Morgan fingerprint density at radius 1 is 1.06 bits per heavy atom. The van der Waals surface area contributed by atoms with Gasteiger partial charge in [0.1, 0.15) is 5.60 Å². The second-order valence-electron chi connectivity index (χ2n) is 9.40. The molecule has 33 heavy (non-hydrogen) atoms. The number of aryl methyl sites for hydroxylation is 1. The van der Waals surface area contributed by atoms with Crippen molar-refractivity contribution in [2.24, 2.45) is 0 Å². The van der Waals surface area contributed by atoms with Crippen LogP contribution < -0.4 is 0 Å². The Balaban J connectivity index is 1.49. The van der Waals surface area contributed by atoms with Crippen LogP contribution in [0.25, 0.3) is 10.9 Å². The van der Waals surface area contributed by atoms with Crippen molar-refractivity contribution in [3.8, 4) is 11.8 Å². The van der Waals surface area contributed by atoms with Crippen molar-refractivity contribution < 1.29 is 5.11 Å². The SMILES string of the molecule is Cc1cccc(C2c3[nH]c4ccccc4c3CCN2Cc2ccc(C#CC(C)(C)O)cc2)n1. The van der Waals surface area contributed by atoms with Crippen LogP contribution >= 0.6 is 0 Å². The van der Waals surface area contributed by atoms with Gasteiger partial charge in [-0.1, -0.05) is 48.2 Å². The van der Waals surface area contributed by atoms with Gasteiger partial charge in [0.05, 0.1) is 11.7 Å². The quantitative estimate of drug-likeness (QED) is 0.438. The second kappa shape index (κ2) is 8.51. The van der Waals surface area contributed by atoms with Crippen molar-refractivity contribution in [1.29, 1.82) is 0 Å². The number of nitrogens with zero attached hydrogens (tertiary/aromatic N) is 2.